The molecule has 0 spiro atoms. The Kier molecular flexibility index (Phi) is 7.26. The van der Waals surface area contributed by atoms with Crippen LogP contribution < -0.4 is 9.08 Å². The molecular weight excluding hydrogens is 442 g/mol. The van der Waals surface area contributed by atoms with E-state index in [2.05, 4.69) is 0 Å². The number of nitro groups is 1. The highest BCUT2D eigenvalue weighted by Gasteiger charge is 2.32. The first kappa shape index (κ1) is 21.7. The van der Waals surface area contributed by atoms with Gasteiger partial charge in [-0.3, -0.25) is 10.1 Å². The molecule has 1 heterocycles. The van der Waals surface area contributed by atoms with E-state index in [0.717, 1.165) is 6.07 Å². The van der Waals surface area contributed by atoms with Crippen molar-refractivity contribution in [2.75, 3.05) is 29.7 Å². The molecule has 12 heteroatoms. The number of anilines is 1. The summed E-state index contributed by atoms with van der Waals surface area (Å²) in [6.45, 7) is 2.12. The molecule has 0 saturated carbocycles. The third-order valence-corrected chi connectivity index (χ3v) is 6.43. The van der Waals surface area contributed by atoms with Gasteiger partial charge in [-0.2, -0.15) is 8.42 Å². The summed E-state index contributed by atoms with van der Waals surface area (Å²) in [4.78, 5) is 11.3. The zero-order valence-electron chi connectivity index (χ0n) is 14.0. The number of benzene rings is 1. The summed E-state index contributed by atoms with van der Waals surface area (Å²) in [5.74, 6) is -0.518. The van der Waals surface area contributed by atoms with Crippen molar-refractivity contribution in [2.24, 2.45) is 0 Å². The highest BCUT2D eigenvalue weighted by molar-refractivity contribution is 7.87. The lowest BCUT2D eigenvalue weighted by molar-refractivity contribution is -0.383. The molecule has 7 nitrogen and oxygen atoms in total. The predicted molar refractivity (Wildman–Crippen MR) is 104 cm³/mol. The predicted octanol–water partition coefficient (Wildman–Crippen LogP) is 4.16. The summed E-state index contributed by atoms with van der Waals surface area (Å²) >= 11 is 12.1. The van der Waals surface area contributed by atoms with Crippen molar-refractivity contribution >= 4 is 55.3 Å². The fourth-order valence-corrected chi connectivity index (χ4v) is 5.25. The average Bonchev–Trinajstić information content (AvgIpc) is 2.97. The molecule has 0 aliphatic carbocycles. The van der Waals surface area contributed by atoms with Crippen LogP contribution in [0.4, 0.5) is 15.1 Å². The van der Waals surface area contributed by atoms with Crippen molar-refractivity contribution < 1.29 is 21.9 Å². The van der Waals surface area contributed by atoms with Gasteiger partial charge >= 0.3 is 15.1 Å². The van der Waals surface area contributed by atoms with E-state index in [1.165, 1.54) is 24.4 Å². The molecule has 0 bridgehead atoms. The van der Waals surface area contributed by atoms with Crippen LogP contribution in [-0.4, -0.2) is 38.2 Å². The molecule has 0 atom stereocenters. The molecule has 0 fully saturated rings. The van der Waals surface area contributed by atoms with Crippen LogP contribution in [0.5, 0.6) is 5.75 Å². The fourth-order valence-electron chi connectivity index (χ4n) is 2.37. The molecule has 1 aromatic heterocycles. The van der Waals surface area contributed by atoms with Crippen molar-refractivity contribution in [3.8, 4) is 5.75 Å². The second-order valence-corrected chi connectivity index (χ2v) is 8.42. The van der Waals surface area contributed by atoms with Crippen molar-refractivity contribution in [1.82, 2.24) is 0 Å². The second-order valence-electron chi connectivity index (χ2n) is 5.33. The van der Waals surface area contributed by atoms with Crippen LogP contribution in [-0.2, 0) is 10.1 Å². The molecule has 27 heavy (non-hydrogen) atoms. The van der Waals surface area contributed by atoms with Gasteiger partial charge in [-0.1, -0.05) is 11.3 Å². The Bertz CT molecular complexity index is 930. The zero-order valence-corrected chi connectivity index (χ0v) is 17.2. The molecule has 2 rings (SSSR count). The standard InChI is InChI=1S/C15H15Cl2FN2O5S2/c1-10-9-26-15(20(21)22)14(10)27(23,24)25-11-2-3-13(12(18)8-11)19(6-4-16)7-5-17/h2-3,8-9H,4-7H2,1H3. The number of hydrogen-bond acceptors (Lipinski definition) is 7. The average molecular weight is 457 g/mol. The number of aryl methyl sites for hydroxylation is 1. The summed E-state index contributed by atoms with van der Waals surface area (Å²) < 4.78 is 44.3. The van der Waals surface area contributed by atoms with Gasteiger partial charge in [0.1, 0.15) is 11.6 Å². The second kappa shape index (κ2) is 9.05. The topological polar surface area (TPSA) is 89.8 Å². The molecule has 0 radical (unpaired) electrons. The van der Waals surface area contributed by atoms with Gasteiger partial charge in [0.25, 0.3) is 0 Å². The van der Waals surface area contributed by atoms with E-state index in [1.807, 2.05) is 0 Å². The number of halogens is 3. The lowest BCUT2D eigenvalue weighted by Crippen LogP contribution is -2.28. The Labute approximate surface area is 169 Å². The van der Waals surface area contributed by atoms with Gasteiger partial charge in [0.2, 0.25) is 0 Å². The fraction of sp³-hybridized carbons (Fsp3) is 0.333. The smallest absolute Gasteiger partial charge is 0.347 e. The van der Waals surface area contributed by atoms with Crippen LogP contribution >= 0.6 is 34.5 Å². The Morgan fingerprint density at radius 3 is 2.44 bits per heavy atom. The number of thiophene rings is 1. The van der Waals surface area contributed by atoms with Crippen LogP contribution in [0.15, 0.2) is 28.5 Å². The first-order chi connectivity index (χ1) is 12.7. The maximum absolute atomic E-state index is 14.4. The summed E-state index contributed by atoms with van der Waals surface area (Å²) in [7, 11) is -4.50. The number of nitrogens with zero attached hydrogens (tertiary/aromatic N) is 2. The highest BCUT2D eigenvalue weighted by Crippen LogP contribution is 2.36. The summed E-state index contributed by atoms with van der Waals surface area (Å²) in [6, 6.07) is 3.50. The monoisotopic (exact) mass is 456 g/mol. The number of hydrogen-bond donors (Lipinski definition) is 0. The lowest BCUT2D eigenvalue weighted by Gasteiger charge is -2.23. The van der Waals surface area contributed by atoms with Gasteiger partial charge in [0.05, 0.1) is 10.6 Å². The quantitative estimate of drug-likeness (QED) is 0.243. The van der Waals surface area contributed by atoms with E-state index >= 15 is 0 Å². The Hall–Kier alpha value is -1.62. The van der Waals surface area contributed by atoms with Crippen LogP contribution in [0.2, 0.25) is 0 Å². The van der Waals surface area contributed by atoms with Crippen molar-refractivity contribution in [3.63, 3.8) is 0 Å². The van der Waals surface area contributed by atoms with Gasteiger partial charge in [0, 0.05) is 36.3 Å². The normalized spacial score (nSPS) is 11.4. The largest absolute Gasteiger partial charge is 0.379 e. The lowest BCUT2D eigenvalue weighted by atomic mass is 10.2. The molecule has 0 saturated heterocycles. The van der Waals surface area contributed by atoms with Gasteiger partial charge in [-0.05, 0) is 24.6 Å². The van der Waals surface area contributed by atoms with E-state index in [0.29, 0.717) is 24.4 Å². The summed E-state index contributed by atoms with van der Waals surface area (Å²) in [5.41, 5.74) is 0.373. The Morgan fingerprint density at radius 2 is 1.93 bits per heavy atom. The molecule has 0 aliphatic heterocycles. The zero-order chi connectivity index (χ0) is 20.2. The molecule has 148 valence electrons. The first-order valence-corrected chi connectivity index (χ1v) is 10.9. The molecule has 2 aromatic rings. The van der Waals surface area contributed by atoms with E-state index < -0.39 is 30.8 Å². The molecule has 0 amide bonds. The number of alkyl halides is 2. The van der Waals surface area contributed by atoms with E-state index in [1.54, 1.807) is 4.90 Å². The third kappa shape index (κ3) is 5.01. The van der Waals surface area contributed by atoms with E-state index in [-0.39, 0.29) is 28.8 Å². The first-order valence-electron chi connectivity index (χ1n) is 7.54. The van der Waals surface area contributed by atoms with Crippen molar-refractivity contribution in [3.05, 3.63) is 45.1 Å². The van der Waals surface area contributed by atoms with Crippen LogP contribution in [0, 0.1) is 22.9 Å². The number of rotatable bonds is 9. The van der Waals surface area contributed by atoms with Crippen LogP contribution in [0.1, 0.15) is 5.56 Å². The molecule has 0 N–H and O–H groups in total. The summed E-state index contributed by atoms with van der Waals surface area (Å²) in [6.07, 6.45) is 0. The minimum absolute atomic E-state index is 0.180. The van der Waals surface area contributed by atoms with E-state index in [4.69, 9.17) is 27.4 Å². The van der Waals surface area contributed by atoms with Gasteiger partial charge < -0.3 is 9.08 Å². The van der Waals surface area contributed by atoms with Gasteiger partial charge in [0.15, 0.2) is 4.90 Å². The van der Waals surface area contributed by atoms with Crippen molar-refractivity contribution in [2.45, 2.75) is 11.8 Å². The maximum Gasteiger partial charge on any atom is 0.347 e. The summed E-state index contributed by atoms with van der Waals surface area (Å²) in [5, 5.41) is 11.8. The van der Waals surface area contributed by atoms with E-state index in [9.17, 15) is 22.9 Å². The SMILES string of the molecule is Cc1csc([N+](=O)[O-])c1S(=O)(=O)Oc1ccc(N(CCCl)CCCl)c(F)c1. The molecular formula is C15H15Cl2FN2O5S2. The highest BCUT2D eigenvalue weighted by atomic mass is 35.5. The van der Waals surface area contributed by atoms with Gasteiger partial charge in [-0.15, -0.1) is 23.2 Å². The van der Waals surface area contributed by atoms with Gasteiger partial charge in [-0.25, -0.2) is 4.39 Å². The molecule has 1 aromatic carbocycles. The van der Waals surface area contributed by atoms with Crippen molar-refractivity contribution in [1.29, 1.82) is 0 Å². The maximum atomic E-state index is 14.4. The third-order valence-electron chi connectivity index (χ3n) is 3.49. The minimum atomic E-state index is -4.50. The molecule has 0 aliphatic rings. The van der Waals surface area contributed by atoms with Crippen LogP contribution in [0.25, 0.3) is 0 Å². The Morgan fingerprint density at radius 1 is 1.30 bits per heavy atom. The Balaban J connectivity index is 2.34. The van der Waals surface area contributed by atoms with Crippen LogP contribution in [0.3, 0.4) is 0 Å². The minimum Gasteiger partial charge on any atom is -0.379 e. The molecule has 0 unspecified atom stereocenters.